The fourth-order valence-electron chi connectivity index (χ4n) is 2.30. The van der Waals surface area contributed by atoms with Gasteiger partial charge in [0.15, 0.2) is 0 Å². The maximum atomic E-state index is 11.6. The number of rotatable bonds is 1. The van der Waals surface area contributed by atoms with Gasteiger partial charge in [-0.15, -0.1) is 0 Å². The monoisotopic (exact) mass is 275 g/mol. The van der Waals surface area contributed by atoms with Crippen molar-refractivity contribution in [2.45, 2.75) is 34.6 Å². The van der Waals surface area contributed by atoms with E-state index in [-0.39, 0.29) is 11.1 Å². The molecular weight excluding hydrogens is 258 g/mol. The summed E-state index contributed by atoms with van der Waals surface area (Å²) in [6.45, 7) is 10.4. The van der Waals surface area contributed by atoms with Gasteiger partial charge in [-0.25, -0.2) is 0 Å². The summed E-state index contributed by atoms with van der Waals surface area (Å²) < 4.78 is 0. The fraction of sp³-hybridized carbons (Fsp3) is 0.333. The van der Waals surface area contributed by atoms with Crippen LogP contribution in [0.25, 0.3) is 6.08 Å². The lowest BCUT2D eigenvalue weighted by atomic mass is 9.89. The number of thioether (sulfide) groups is 1. The average Bonchev–Trinajstić information content (AvgIpc) is 2.68. The topological polar surface area (TPSA) is 46.2 Å². The third kappa shape index (κ3) is 2.32. The number of carbonyl (C=O) groups is 2. The molecule has 2 amide bonds. The Morgan fingerprint density at radius 2 is 1.32 bits per heavy atom. The molecule has 2 rings (SSSR count). The third-order valence-electron chi connectivity index (χ3n) is 3.98. The van der Waals surface area contributed by atoms with E-state index in [9.17, 15) is 9.59 Å². The van der Waals surface area contributed by atoms with Gasteiger partial charge in [-0.2, -0.15) is 0 Å². The zero-order valence-corrected chi connectivity index (χ0v) is 12.6. The van der Waals surface area contributed by atoms with Crippen LogP contribution in [-0.2, 0) is 4.79 Å². The summed E-state index contributed by atoms with van der Waals surface area (Å²) in [5.74, 6) is -0.301. The second-order valence-electron chi connectivity index (χ2n) is 4.89. The Balaban J connectivity index is 2.62. The highest BCUT2D eigenvalue weighted by molar-refractivity contribution is 8.18. The quantitative estimate of drug-likeness (QED) is 0.797. The van der Waals surface area contributed by atoms with E-state index in [0.717, 1.165) is 17.3 Å². The summed E-state index contributed by atoms with van der Waals surface area (Å²) in [6.07, 6.45) is 1.83. The van der Waals surface area contributed by atoms with Gasteiger partial charge in [0.2, 0.25) is 0 Å². The Bertz CT molecular complexity index is 601. The van der Waals surface area contributed by atoms with Crippen LogP contribution in [-0.4, -0.2) is 11.1 Å². The van der Waals surface area contributed by atoms with Crippen LogP contribution in [0, 0.1) is 34.6 Å². The summed E-state index contributed by atoms with van der Waals surface area (Å²) in [5, 5.41) is 1.98. The molecule has 1 aliphatic rings. The molecule has 0 aromatic heterocycles. The van der Waals surface area contributed by atoms with E-state index in [1.807, 2.05) is 6.08 Å². The van der Waals surface area contributed by atoms with Gasteiger partial charge < -0.3 is 0 Å². The van der Waals surface area contributed by atoms with E-state index in [1.54, 1.807) is 0 Å². The standard InChI is InChI=1S/C15H17NO2S/c1-7-8(2)10(4)12(11(5)9(7)3)6-13-14(17)16-15(18)19-13/h6H,1-5H3,(H,16,17,18)/b13-6-. The Morgan fingerprint density at radius 1 is 0.842 bits per heavy atom. The third-order valence-corrected chi connectivity index (χ3v) is 4.79. The Kier molecular flexibility index (Phi) is 3.54. The Morgan fingerprint density at radius 3 is 1.74 bits per heavy atom. The summed E-state index contributed by atoms with van der Waals surface area (Å²) in [4.78, 5) is 23.3. The highest BCUT2D eigenvalue weighted by Gasteiger charge is 2.25. The molecule has 0 atom stereocenters. The lowest BCUT2D eigenvalue weighted by Crippen LogP contribution is -2.17. The van der Waals surface area contributed by atoms with Crippen LogP contribution < -0.4 is 5.32 Å². The molecule has 0 radical (unpaired) electrons. The zero-order valence-electron chi connectivity index (χ0n) is 11.8. The second kappa shape index (κ2) is 4.85. The molecule has 19 heavy (non-hydrogen) atoms. The van der Waals surface area contributed by atoms with Crippen LogP contribution in [0.15, 0.2) is 4.91 Å². The zero-order chi connectivity index (χ0) is 14.3. The molecule has 1 aromatic carbocycles. The molecule has 1 heterocycles. The minimum absolute atomic E-state index is 0.299. The molecule has 1 aromatic rings. The maximum absolute atomic E-state index is 11.6. The SMILES string of the molecule is Cc1c(C)c(C)c(/C=C2\SC(=O)NC2=O)c(C)c1C. The van der Waals surface area contributed by atoms with Crippen LogP contribution in [0.3, 0.4) is 0 Å². The highest BCUT2D eigenvalue weighted by atomic mass is 32.2. The van der Waals surface area contributed by atoms with Crippen molar-refractivity contribution < 1.29 is 9.59 Å². The number of nitrogens with one attached hydrogen (secondary N) is 1. The van der Waals surface area contributed by atoms with E-state index >= 15 is 0 Å². The smallest absolute Gasteiger partial charge is 0.282 e. The molecule has 1 saturated heterocycles. The van der Waals surface area contributed by atoms with Crippen LogP contribution in [0.2, 0.25) is 0 Å². The number of benzene rings is 1. The van der Waals surface area contributed by atoms with Crippen molar-refractivity contribution in [2.75, 3.05) is 0 Å². The van der Waals surface area contributed by atoms with Gasteiger partial charge in [-0.05, 0) is 85.8 Å². The van der Waals surface area contributed by atoms with Crippen molar-refractivity contribution in [3.05, 3.63) is 38.3 Å². The normalized spacial score (nSPS) is 17.2. The van der Waals surface area contributed by atoms with Crippen molar-refractivity contribution in [1.29, 1.82) is 0 Å². The first-order chi connectivity index (χ1) is 8.82. The molecule has 4 heteroatoms. The maximum Gasteiger partial charge on any atom is 0.290 e. The van der Waals surface area contributed by atoms with Crippen molar-refractivity contribution in [3.8, 4) is 0 Å². The van der Waals surface area contributed by atoms with Gasteiger partial charge in [-0.1, -0.05) is 0 Å². The minimum atomic E-state index is -0.301. The average molecular weight is 275 g/mol. The lowest BCUT2D eigenvalue weighted by Gasteiger charge is -2.16. The summed E-state index contributed by atoms with van der Waals surface area (Å²) in [7, 11) is 0. The van der Waals surface area contributed by atoms with E-state index in [4.69, 9.17) is 0 Å². The first-order valence-corrected chi connectivity index (χ1v) is 6.96. The molecular formula is C15H17NO2S. The number of hydrogen-bond donors (Lipinski definition) is 1. The second-order valence-corrected chi connectivity index (χ2v) is 5.91. The molecule has 3 nitrogen and oxygen atoms in total. The molecule has 0 bridgehead atoms. The molecule has 0 spiro atoms. The van der Waals surface area contributed by atoms with E-state index < -0.39 is 0 Å². The van der Waals surface area contributed by atoms with Gasteiger partial charge in [0, 0.05) is 0 Å². The molecule has 100 valence electrons. The van der Waals surface area contributed by atoms with E-state index in [1.165, 1.54) is 27.8 Å². The first kappa shape index (κ1) is 13.9. The van der Waals surface area contributed by atoms with Gasteiger partial charge in [0.1, 0.15) is 0 Å². The number of carbonyl (C=O) groups excluding carboxylic acids is 2. The molecule has 1 aliphatic heterocycles. The minimum Gasteiger partial charge on any atom is -0.282 e. The lowest BCUT2D eigenvalue weighted by molar-refractivity contribution is -0.115. The van der Waals surface area contributed by atoms with Crippen LogP contribution in [0.4, 0.5) is 4.79 Å². The predicted octanol–water partition coefficient (Wildman–Crippen LogP) is 3.55. The Hall–Kier alpha value is -1.55. The number of imide groups is 1. The summed E-state index contributed by atoms with van der Waals surface area (Å²) >= 11 is 0.963. The highest BCUT2D eigenvalue weighted by Crippen LogP contribution is 2.31. The predicted molar refractivity (Wildman–Crippen MR) is 79.2 cm³/mol. The summed E-state index contributed by atoms with van der Waals surface area (Å²) in [6, 6.07) is 0. The van der Waals surface area contributed by atoms with Crippen LogP contribution in [0.1, 0.15) is 33.4 Å². The van der Waals surface area contributed by atoms with Gasteiger partial charge in [0.05, 0.1) is 4.91 Å². The van der Waals surface area contributed by atoms with Crippen molar-refractivity contribution in [1.82, 2.24) is 5.32 Å². The van der Waals surface area contributed by atoms with Gasteiger partial charge in [0.25, 0.3) is 11.1 Å². The van der Waals surface area contributed by atoms with Crippen molar-refractivity contribution >= 4 is 29.0 Å². The fourth-order valence-corrected chi connectivity index (χ4v) is 2.96. The molecule has 1 fully saturated rings. The first-order valence-electron chi connectivity index (χ1n) is 6.14. The number of amides is 2. The van der Waals surface area contributed by atoms with E-state index in [2.05, 4.69) is 39.9 Å². The largest absolute Gasteiger partial charge is 0.290 e. The van der Waals surface area contributed by atoms with Crippen molar-refractivity contribution in [2.24, 2.45) is 0 Å². The molecule has 0 unspecified atom stereocenters. The van der Waals surface area contributed by atoms with Crippen LogP contribution >= 0.6 is 11.8 Å². The van der Waals surface area contributed by atoms with Crippen molar-refractivity contribution in [3.63, 3.8) is 0 Å². The Labute approximate surface area is 117 Å². The molecule has 0 saturated carbocycles. The molecule has 0 aliphatic carbocycles. The van der Waals surface area contributed by atoms with Crippen LogP contribution in [0.5, 0.6) is 0 Å². The van der Waals surface area contributed by atoms with E-state index in [0.29, 0.717) is 4.91 Å². The van der Waals surface area contributed by atoms with Gasteiger partial charge >= 0.3 is 0 Å². The number of hydrogen-bond acceptors (Lipinski definition) is 3. The van der Waals surface area contributed by atoms with Gasteiger partial charge in [-0.3, -0.25) is 14.9 Å². The molecule has 1 N–H and O–H groups in total. The summed E-state index contributed by atoms with van der Waals surface area (Å²) in [5.41, 5.74) is 7.15.